The van der Waals surface area contributed by atoms with E-state index in [-0.39, 0.29) is 12.1 Å². The van der Waals surface area contributed by atoms with Gasteiger partial charge in [-0.25, -0.2) is 0 Å². The van der Waals surface area contributed by atoms with Crippen LogP contribution in [-0.4, -0.2) is 23.4 Å². The quantitative estimate of drug-likeness (QED) is 0.746. The maximum Gasteiger partial charge on any atom is 0.243 e. The van der Waals surface area contributed by atoms with Crippen molar-refractivity contribution >= 4 is 0 Å². The Bertz CT molecular complexity index is 260. The Morgan fingerprint density at radius 3 is 2.69 bits per heavy atom. The molecule has 1 heterocycles. The highest BCUT2D eigenvalue weighted by Gasteiger charge is 2.12. The smallest absolute Gasteiger partial charge is 0.243 e. The molecule has 0 saturated carbocycles. The summed E-state index contributed by atoms with van der Waals surface area (Å²) in [6.45, 7) is 3.75. The first-order valence-electron chi connectivity index (χ1n) is 4.24. The van der Waals surface area contributed by atoms with E-state index < -0.39 is 0 Å². The molecule has 0 aliphatic rings. The molecule has 0 aromatic carbocycles. The highest BCUT2D eigenvalue weighted by molar-refractivity contribution is 4.91. The van der Waals surface area contributed by atoms with E-state index in [2.05, 4.69) is 10.1 Å². The van der Waals surface area contributed by atoms with Crippen molar-refractivity contribution in [2.24, 2.45) is 5.73 Å². The minimum atomic E-state index is -0.209. The second kappa shape index (κ2) is 4.34. The molecular weight excluding hydrogens is 170 g/mol. The van der Waals surface area contributed by atoms with Crippen molar-refractivity contribution < 1.29 is 9.26 Å². The van der Waals surface area contributed by atoms with Crippen molar-refractivity contribution in [2.45, 2.75) is 32.4 Å². The molecule has 0 radical (unpaired) electrons. The van der Waals surface area contributed by atoms with E-state index in [0.717, 1.165) is 0 Å². The van der Waals surface area contributed by atoms with Crippen molar-refractivity contribution in [1.82, 2.24) is 10.1 Å². The molecule has 13 heavy (non-hydrogen) atoms. The van der Waals surface area contributed by atoms with Gasteiger partial charge < -0.3 is 15.0 Å². The van der Waals surface area contributed by atoms with Crippen molar-refractivity contribution in [3.63, 3.8) is 0 Å². The molecule has 2 atom stereocenters. The summed E-state index contributed by atoms with van der Waals surface area (Å²) in [6, 6.07) is -0.209. The molecule has 0 spiro atoms. The monoisotopic (exact) mass is 185 g/mol. The van der Waals surface area contributed by atoms with E-state index in [0.29, 0.717) is 18.1 Å². The van der Waals surface area contributed by atoms with Crippen LogP contribution in [0.2, 0.25) is 0 Å². The third kappa shape index (κ3) is 2.78. The van der Waals surface area contributed by atoms with Crippen molar-refractivity contribution in [3.05, 3.63) is 11.7 Å². The average molecular weight is 185 g/mol. The van der Waals surface area contributed by atoms with Gasteiger partial charge in [-0.3, -0.25) is 0 Å². The topological polar surface area (TPSA) is 74.2 Å². The Balaban J connectivity index is 2.58. The zero-order chi connectivity index (χ0) is 9.84. The first kappa shape index (κ1) is 10.1. The lowest BCUT2D eigenvalue weighted by molar-refractivity contribution is 0.116. The van der Waals surface area contributed by atoms with Crippen LogP contribution in [0.3, 0.4) is 0 Å². The third-order valence-corrected chi connectivity index (χ3v) is 1.75. The zero-order valence-electron chi connectivity index (χ0n) is 8.15. The van der Waals surface area contributed by atoms with Gasteiger partial charge in [-0.2, -0.15) is 4.98 Å². The fraction of sp³-hybridized carbons (Fsp3) is 0.750. The first-order chi connectivity index (χ1) is 6.13. The van der Waals surface area contributed by atoms with Gasteiger partial charge in [0.1, 0.15) is 0 Å². The van der Waals surface area contributed by atoms with E-state index in [4.69, 9.17) is 15.0 Å². The standard InChI is InChI=1S/C8H15N3O2/c1-5(12-3)4-7-10-8(6(2)9)13-11-7/h5-6H,4,9H2,1-3H3/t5?,6-/m0/s1. The highest BCUT2D eigenvalue weighted by atomic mass is 16.5. The van der Waals surface area contributed by atoms with Gasteiger partial charge in [0.2, 0.25) is 5.89 Å². The maximum atomic E-state index is 5.56. The van der Waals surface area contributed by atoms with E-state index >= 15 is 0 Å². The number of nitrogens with zero attached hydrogens (tertiary/aromatic N) is 2. The lowest BCUT2D eigenvalue weighted by atomic mass is 10.3. The molecular formula is C8H15N3O2. The van der Waals surface area contributed by atoms with Crippen molar-refractivity contribution in [1.29, 1.82) is 0 Å². The lowest BCUT2D eigenvalue weighted by Crippen LogP contribution is -2.10. The number of ether oxygens (including phenoxy) is 1. The minimum Gasteiger partial charge on any atom is -0.381 e. The largest absolute Gasteiger partial charge is 0.381 e. The molecule has 1 aromatic rings. The van der Waals surface area contributed by atoms with Gasteiger partial charge >= 0.3 is 0 Å². The second-order valence-electron chi connectivity index (χ2n) is 3.09. The number of aromatic nitrogens is 2. The molecule has 0 saturated heterocycles. The summed E-state index contributed by atoms with van der Waals surface area (Å²) in [4.78, 5) is 4.11. The number of nitrogens with two attached hydrogens (primary N) is 1. The van der Waals surface area contributed by atoms with Gasteiger partial charge in [0.25, 0.3) is 0 Å². The van der Waals surface area contributed by atoms with E-state index in [9.17, 15) is 0 Å². The molecule has 1 rings (SSSR count). The van der Waals surface area contributed by atoms with Crippen LogP contribution in [0.1, 0.15) is 31.6 Å². The average Bonchev–Trinajstić information content (AvgIpc) is 2.52. The number of hydrogen-bond acceptors (Lipinski definition) is 5. The van der Waals surface area contributed by atoms with Gasteiger partial charge in [-0.05, 0) is 13.8 Å². The molecule has 1 unspecified atom stereocenters. The number of rotatable bonds is 4. The van der Waals surface area contributed by atoms with Gasteiger partial charge in [0, 0.05) is 13.5 Å². The summed E-state index contributed by atoms with van der Waals surface area (Å²) in [5.74, 6) is 1.11. The summed E-state index contributed by atoms with van der Waals surface area (Å²) in [7, 11) is 1.65. The van der Waals surface area contributed by atoms with Crippen LogP contribution in [0, 0.1) is 0 Å². The van der Waals surface area contributed by atoms with Gasteiger partial charge in [0.05, 0.1) is 12.1 Å². The van der Waals surface area contributed by atoms with Crippen LogP contribution in [0.25, 0.3) is 0 Å². The van der Waals surface area contributed by atoms with E-state index in [1.54, 1.807) is 14.0 Å². The molecule has 5 nitrogen and oxygen atoms in total. The molecule has 1 aromatic heterocycles. The molecule has 0 amide bonds. The number of hydrogen-bond donors (Lipinski definition) is 1. The predicted molar refractivity (Wildman–Crippen MR) is 47.1 cm³/mol. The molecule has 5 heteroatoms. The maximum absolute atomic E-state index is 5.56. The third-order valence-electron chi connectivity index (χ3n) is 1.75. The Hall–Kier alpha value is -0.940. The highest BCUT2D eigenvalue weighted by Crippen LogP contribution is 2.07. The van der Waals surface area contributed by atoms with E-state index in [1.807, 2.05) is 6.92 Å². The normalized spacial score (nSPS) is 15.7. The summed E-state index contributed by atoms with van der Waals surface area (Å²) in [5.41, 5.74) is 5.56. The summed E-state index contributed by atoms with van der Waals surface area (Å²) in [5, 5.41) is 3.78. The van der Waals surface area contributed by atoms with Crippen LogP contribution < -0.4 is 5.73 Å². The molecule has 0 bridgehead atoms. The summed E-state index contributed by atoms with van der Waals surface area (Å²) >= 11 is 0. The first-order valence-corrected chi connectivity index (χ1v) is 4.24. The minimum absolute atomic E-state index is 0.0959. The Morgan fingerprint density at radius 2 is 2.23 bits per heavy atom. The molecule has 0 aliphatic heterocycles. The summed E-state index contributed by atoms with van der Waals surface area (Å²) < 4.78 is 10.0. The molecule has 2 N–H and O–H groups in total. The van der Waals surface area contributed by atoms with Gasteiger partial charge in [-0.1, -0.05) is 5.16 Å². The van der Waals surface area contributed by atoms with Gasteiger partial charge in [0.15, 0.2) is 5.82 Å². The summed E-state index contributed by atoms with van der Waals surface area (Å²) in [6.07, 6.45) is 0.741. The number of methoxy groups -OCH3 is 1. The SMILES string of the molecule is COC(C)Cc1noc([C@H](C)N)n1. The zero-order valence-corrected chi connectivity index (χ0v) is 8.15. The Kier molecular flexibility index (Phi) is 3.39. The molecule has 0 fully saturated rings. The van der Waals surface area contributed by atoms with Gasteiger partial charge in [-0.15, -0.1) is 0 Å². The van der Waals surface area contributed by atoms with Crippen LogP contribution in [0.4, 0.5) is 0 Å². The fourth-order valence-corrected chi connectivity index (χ4v) is 0.876. The lowest BCUT2D eigenvalue weighted by Gasteiger charge is -2.04. The molecule has 74 valence electrons. The Labute approximate surface area is 77.3 Å². The van der Waals surface area contributed by atoms with Crippen LogP contribution in [0.15, 0.2) is 4.52 Å². The van der Waals surface area contributed by atoms with Crippen LogP contribution >= 0.6 is 0 Å². The van der Waals surface area contributed by atoms with Crippen LogP contribution in [0.5, 0.6) is 0 Å². The second-order valence-corrected chi connectivity index (χ2v) is 3.09. The van der Waals surface area contributed by atoms with E-state index in [1.165, 1.54) is 0 Å². The predicted octanol–water partition coefficient (Wildman–Crippen LogP) is 0.667. The van der Waals surface area contributed by atoms with Crippen LogP contribution in [-0.2, 0) is 11.2 Å². The van der Waals surface area contributed by atoms with Crippen molar-refractivity contribution in [3.8, 4) is 0 Å². The molecule has 0 aliphatic carbocycles. The Morgan fingerprint density at radius 1 is 1.54 bits per heavy atom. The fourth-order valence-electron chi connectivity index (χ4n) is 0.876. The van der Waals surface area contributed by atoms with Crippen molar-refractivity contribution in [2.75, 3.05) is 7.11 Å².